The molecule has 2 N–H and O–H groups in total. The van der Waals surface area contributed by atoms with Crippen LogP contribution >= 0.6 is 12.4 Å². The third-order valence-electron chi connectivity index (χ3n) is 6.44. The van der Waals surface area contributed by atoms with E-state index in [2.05, 4.69) is 48.1 Å². The molecular formula is C26H35ClFN5O. The topological polar surface area (TPSA) is 64.5 Å². The molecule has 4 rings (SSSR count). The second kappa shape index (κ2) is 9.55. The number of benzene rings is 1. The van der Waals surface area contributed by atoms with Crippen molar-refractivity contribution < 1.29 is 9.50 Å². The van der Waals surface area contributed by atoms with Crippen molar-refractivity contribution in [2.75, 3.05) is 25.5 Å². The van der Waals surface area contributed by atoms with Gasteiger partial charge < -0.3 is 20.2 Å². The Balaban J connectivity index is 0.00000324. The van der Waals surface area contributed by atoms with Crippen LogP contribution in [-0.4, -0.2) is 58.0 Å². The van der Waals surface area contributed by atoms with Crippen molar-refractivity contribution >= 4 is 23.8 Å². The van der Waals surface area contributed by atoms with E-state index in [9.17, 15) is 5.11 Å². The number of nitrogens with one attached hydrogen (secondary N) is 1. The molecule has 3 heterocycles. The molecule has 34 heavy (non-hydrogen) atoms. The minimum absolute atomic E-state index is 0. The molecule has 0 amide bonds. The zero-order valence-electron chi connectivity index (χ0n) is 20.8. The molecule has 0 spiro atoms. The van der Waals surface area contributed by atoms with Crippen LogP contribution in [-0.2, 0) is 0 Å². The van der Waals surface area contributed by atoms with Gasteiger partial charge in [0, 0.05) is 44.0 Å². The largest absolute Gasteiger partial charge is 0.507 e. The van der Waals surface area contributed by atoms with Gasteiger partial charge in [0.1, 0.15) is 11.6 Å². The third kappa shape index (κ3) is 5.53. The van der Waals surface area contributed by atoms with E-state index in [0.717, 1.165) is 30.8 Å². The smallest absolute Gasteiger partial charge is 0.151 e. The summed E-state index contributed by atoms with van der Waals surface area (Å²) in [5.74, 6) is 0.0591. The standard InChI is InChI=1S/C26H34FN5O.ClH/c1-25(2)14-19(15-26(3,4)30-25)32(6)23-10-9-21(28-29-23)24-20(27)12-18(13-22(24)33)17-8-7-11-31(5)16-17;/h7-10,12-13,16,19,30,33H,11,14-15H2,1-6H3;1H. The highest BCUT2D eigenvalue weighted by molar-refractivity contribution is 5.85. The number of piperidine rings is 1. The van der Waals surface area contributed by atoms with Crippen molar-refractivity contribution in [2.45, 2.75) is 57.7 Å². The monoisotopic (exact) mass is 487 g/mol. The molecular weight excluding hydrogens is 453 g/mol. The van der Waals surface area contributed by atoms with Crippen molar-refractivity contribution in [3.63, 3.8) is 0 Å². The number of anilines is 1. The molecule has 0 saturated carbocycles. The van der Waals surface area contributed by atoms with Gasteiger partial charge in [0.15, 0.2) is 5.82 Å². The quantitative estimate of drug-likeness (QED) is 0.632. The number of phenolic OH excluding ortho intramolecular Hbond substituents is 1. The number of aromatic hydroxyl groups is 1. The van der Waals surface area contributed by atoms with Crippen LogP contribution in [0.4, 0.5) is 10.2 Å². The predicted octanol–water partition coefficient (Wildman–Crippen LogP) is 5.00. The maximum absolute atomic E-state index is 15.1. The fourth-order valence-corrected chi connectivity index (χ4v) is 5.24. The maximum atomic E-state index is 15.1. The summed E-state index contributed by atoms with van der Waals surface area (Å²) in [6.07, 6.45) is 7.83. The number of aromatic nitrogens is 2. The van der Waals surface area contributed by atoms with Gasteiger partial charge in [-0.15, -0.1) is 22.6 Å². The lowest BCUT2D eigenvalue weighted by atomic mass is 9.79. The summed E-state index contributed by atoms with van der Waals surface area (Å²) in [7, 11) is 3.98. The van der Waals surface area contributed by atoms with Gasteiger partial charge in [-0.05, 0) is 75.9 Å². The lowest BCUT2D eigenvalue weighted by Crippen LogP contribution is -2.62. The minimum atomic E-state index is -0.523. The molecule has 0 aliphatic carbocycles. The number of likely N-dealkylation sites (N-methyl/N-ethyl adjacent to an activating group) is 1. The van der Waals surface area contributed by atoms with E-state index < -0.39 is 5.82 Å². The lowest BCUT2D eigenvalue weighted by molar-refractivity contribution is 0.160. The highest BCUT2D eigenvalue weighted by Crippen LogP contribution is 2.36. The van der Waals surface area contributed by atoms with Gasteiger partial charge in [-0.25, -0.2) is 4.39 Å². The van der Waals surface area contributed by atoms with Gasteiger partial charge in [0.25, 0.3) is 0 Å². The van der Waals surface area contributed by atoms with Gasteiger partial charge >= 0.3 is 0 Å². The highest BCUT2D eigenvalue weighted by atomic mass is 35.5. The van der Waals surface area contributed by atoms with E-state index in [-0.39, 0.29) is 34.8 Å². The molecule has 1 aromatic heterocycles. The average Bonchev–Trinajstić information content (AvgIpc) is 2.71. The first kappa shape index (κ1) is 26.0. The van der Waals surface area contributed by atoms with Gasteiger partial charge in [0.2, 0.25) is 0 Å². The summed E-state index contributed by atoms with van der Waals surface area (Å²) in [6, 6.07) is 6.89. The van der Waals surface area contributed by atoms with Crippen molar-refractivity contribution in [1.82, 2.24) is 20.4 Å². The Morgan fingerprint density at radius 2 is 1.79 bits per heavy atom. The van der Waals surface area contributed by atoms with E-state index >= 15 is 4.39 Å². The van der Waals surface area contributed by atoms with E-state index in [4.69, 9.17) is 0 Å². The lowest BCUT2D eigenvalue weighted by Gasteiger charge is -2.49. The first-order valence-electron chi connectivity index (χ1n) is 11.4. The van der Waals surface area contributed by atoms with E-state index in [1.807, 2.05) is 43.4 Å². The molecule has 2 aliphatic rings. The van der Waals surface area contributed by atoms with Crippen LogP contribution in [0.5, 0.6) is 5.75 Å². The molecule has 8 heteroatoms. The molecule has 6 nitrogen and oxygen atoms in total. The van der Waals surface area contributed by atoms with Crippen LogP contribution in [0, 0.1) is 5.82 Å². The first-order chi connectivity index (χ1) is 15.4. The summed E-state index contributed by atoms with van der Waals surface area (Å²) < 4.78 is 15.1. The summed E-state index contributed by atoms with van der Waals surface area (Å²) >= 11 is 0. The number of nitrogens with zero attached hydrogens (tertiary/aromatic N) is 4. The average molecular weight is 488 g/mol. The minimum Gasteiger partial charge on any atom is -0.507 e. The fourth-order valence-electron chi connectivity index (χ4n) is 5.24. The molecule has 0 atom stereocenters. The molecule has 1 aromatic carbocycles. The van der Waals surface area contributed by atoms with Crippen LogP contribution in [0.25, 0.3) is 16.8 Å². The Morgan fingerprint density at radius 1 is 1.12 bits per heavy atom. The van der Waals surface area contributed by atoms with Gasteiger partial charge in [-0.1, -0.05) is 12.2 Å². The zero-order chi connectivity index (χ0) is 24.0. The third-order valence-corrected chi connectivity index (χ3v) is 6.44. The molecule has 0 bridgehead atoms. The van der Waals surface area contributed by atoms with Gasteiger partial charge in [0.05, 0.1) is 11.3 Å². The van der Waals surface area contributed by atoms with Crippen LogP contribution < -0.4 is 10.2 Å². The van der Waals surface area contributed by atoms with Crippen molar-refractivity contribution in [2.24, 2.45) is 0 Å². The predicted molar refractivity (Wildman–Crippen MR) is 139 cm³/mol. The molecule has 0 unspecified atom stereocenters. The van der Waals surface area contributed by atoms with Crippen LogP contribution in [0.1, 0.15) is 46.1 Å². The Bertz CT molecular complexity index is 1060. The summed E-state index contributed by atoms with van der Waals surface area (Å²) in [6.45, 7) is 9.68. The fraction of sp³-hybridized carbons (Fsp3) is 0.462. The summed E-state index contributed by atoms with van der Waals surface area (Å²) in [5, 5.41) is 23.0. The van der Waals surface area contributed by atoms with Crippen LogP contribution in [0.3, 0.4) is 0 Å². The number of hydrogen-bond donors (Lipinski definition) is 2. The molecule has 1 fully saturated rings. The second-order valence-electron chi connectivity index (χ2n) is 10.6. The first-order valence-corrected chi connectivity index (χ1v) is 11.4. The second-order valence-corrected chi connectivity index (χ2v) is 10.6. The molecule has 0 radical (unpaired) electrons. The Morgan fingerprint density at radius 3 is 2.35 bits per heavy atom. The molecule has 1 saturated heterocycles. The van der Waals surface area contributed by atoms with Crippen molar-refractivity contribution in [1.29, 1.82) is 0 Å². The molecule has 184 valence electrons. The van der Waals surface area contributed by atoms with Gasteiger partial charge in [-0.2, -0.15) is 0 Å². The van der Waals surface area contributed by atoms with E-state index in [1.54, 1.807) is 12.1 Å². The Labute approximate surface area is 208 Å². The van der Waals surface area contributed by atoms with Crippen LogP contribution in [0.2, 0.25) is 0 Å². The normalized spacial score (nSPS) is 19.4. The van der Waals surface area contributed by atoms with Crippen molar-refractivity contribution in [3.05, 3.63) is 54.0 Å². The number of halogens is 2. The Kier molecular flexibility index (Phi) is 7.29. The summed E-state index contributed by atoms with van der Waals surface area (Å²) in [5.41, 5.74) is 1.88. The number of allylic oxidation sites excluding steroid dienone is 2. The van der Waals surface area contributed by atoms with Crippen LogP contribution in [0.15, 0.2) is 42.6 Å². The molecule has 2 aliphatic heterocycles. The number of rotatable bonds is 4. The molecule has 2 aromatic rings. The van der Waals surface area contributed by atoms with E-state index in [1.165, 1.54) is 6.07 Å². The number of hydrogen-bond acceptors (Lipinski definition) is 6. The zero-order valence-corrected chi connectivity index (χ0v) is 21.6. The maximum Gasteiger partial charge on any atom is 0.151 e. The highest BCUT2D eigenvalue weighted by Gasteiger charge is 2.39. The van der Waals surface area contributed by atoms with Gasteiger partial charge in [-0.3, -0.25) is 0 Å². The number of phenols is 1. The van der Waals surface area contributed by atoms with E-state index in [0.29, 0.717) is 17.3 Å². The Hall–Kier alpha value is -2.64. The SMILES string of the molecule is CN1C=C(c2cc(O)c(-c3ccc(N(C)C4CC(C)(C)NC(C)(C)C4)nn3)c(F)c2)C=CC1.Cl. The van der Waals surface area contributed by atoms with Crippen molar-refractivity contribution in [3.8, 4) is 17.0 Å². The summed E-state index contributed by atoms with van der Waals surface area (Å²) in [4.78, 5) is 4.16.